The molecule has 0 saturated heterocycles. The van der Waals surface area contributed by atoms with Crippen molar-refractivity contribution >= 4 is 11.6 Å². The topological polar surface area (TPSA) is 45.2 Å². The number of carbonyl (C=O) groups excluding carboxylic acids is 1. The Morgan fingerprint density at radius 1 is 1.30 bits per heavy atom. The van der Waals surface area contributed by atoms with Crippen molar-refractivity contribution in [2.24, 2.45) is 0 Å². The van der Waals surface area contributed by atoms with Crippen LogP contribution in [-0.4, -0.2) is 29.4 Å². The molecule has 4 heteroatoms. The summed E-state index contributed by atoms with van der Waals surface area (Å²) in [6, 6.07) is 9.76. The second-order valence-corrected chi connectivity index (χ2v) is 5.07. The van der Waals surface area contributed by atoms with Crippen LogP contribution in [0, 0.1) is 0 Å². The van der Waals surface area contributed by atoms with Gasteiger partial charge >= 0.3 is 0 Å². The van der Waals surface area contributed by atoms with Crippen LogP contribution in [0.4, 0.5) is 5.69 Å². The van der Waals surface area contributed by atoms with E-state index in [4.69, 9.17) is 0 Å². The number of pyridine rings is 1. The molecule has 0 atom stereocenters. The molecule has 2 aromatic rings. The molecule has 0 fully saturated rings. The molecule has 1 aromatic heterocycles. The zero-order valence-electron chi connectivity index (χ0n) is 11.5. The van der Waals surface area contributed by atoms with Gasteiger partial charge < -0.3 is 10.2 Å². The number of nitrogens with zero attached hydrogens (tertiary/aromatic N) is 2. The fourth-order valence-electron chi connectivity index (χ4n) is 2.48. The molecule has 0 spiro atoms. The van der Waals surface area contributed by atoms with Gasteiger partial charge in [-0.25, -0.2) is 0 Å². The number of nitrogens with one attached hydrogen (secondary N) is 1. The Balaban J connectivity index is 1.75. The number of amides is 1. The number of hydrogen-bond donors (Lipinski definition) is 1. The summed E-state index contributed by atoms with van der Waals surface area (Å²) in [5, 5.41) is 3.30. The Kier molecular flexibility index (Phi) is 3.37. The Hall–Kier alpha value is -2.36. The molecule has 1 N–H and O–H groups in total. The number of fused-ring (bicyclic) bond motifs is 1. The quantitative estimate of drug-likeness (QED) is 0.928. The van der Waals surface area contributed by atoms with Crippen molar-refractivity contribution in [3.05, 3.63) is 59.4 Å². The smallest absolute Gasteiger partial charge is 0.253 e. The van der Waals surface area contributed by atoms with Crippen LogP contribution in [0.25, 0.3) is 0 Å². The third kappa shape index (κ3) is 2.50. The second-order valence-electron chi connectivity index (χ2n) is 5.07. The first-order chi connectivity index (χ1) is 9.74. The molecule has 20 heavy (non-hydrogen) atoms. The van der Waals surface area contributed by atoms with Crippen LogP contribution in [0.3, 0.4) is 0 Å². The van der Waals surface area contributed by atoms with Gasteiger partial charge in [0.15, 0.2) is 0 Å². The van der Waals surface area contributed by atoms with Crippen molar-refractivity contribution in [1.29, 1.82) is 0 Å². The first-order valence-electron chi connectivity index (χ1n) is 6.75. The van der Waals surface area contributed by atoms with Gasteiger partial charge in [0.2, 0.25) is 0 Å². The minimum atomic E-state index is 0.0401. The van der Waals surface area contributed by atoms with E-state index < -0.39 is 0 Å². The van der Waals surface area contributed by atoms with Crippen LogP contribution >= 0.6 is 0 Å². The highest BCUT2D eigenvalue weighted by Crippen LogP contribution is 2.23. The summed E-state index contributed by atoms with van der Waals surface area (Å²) in [4.78, 5) is 18.1. The van der Waals surface area contributed by atoms with Crippen LogP contribution in [0.15, 0.2) is 42.7 Å². The highest BCUT2D eigenvalue weighted by Gasteiger charge is 2.16. The summed E-state index contributed by atoms with van der Waals surface area (Å²) in [6.45, 7) is 1.55. The number of aromatic nitrogens is 1. The monoisotopic (exact) mass is 267 g/mol. The highest BCUT2D eigenvalue weighted by molar-refractivity contribution is 5.95. The molecule has 0 unspecified atom stereocenters. The van der Waals surface area contributed by atoms with Gasteiger partial charge in [-0.1, -0.05) is 6.07 Å². The van der Waals surface area contributed by atoms with E-state index >= 15 is 0 Å². The SMILES string of the molecule is CN(Cc1ccncc1)C(=O)c1ccc2c(c1)NCC2. The summed E-state index contributed by atoms with van der Waals surface area (Å²) in [5.74, 6) is 0.0401. The Morgan fingerprint density at radius 2 is 2.10 bits per heavy atom. The average Bonchev–Trinajstić information content (AvgIpc) is 2.94. The van der Waals surface area contributed by atoms with Crippen LogP contribution in [0.2, 0.25) is 0 Å². The molecule has 0 bridgehead atoms. The molecule has 4 nitrogen and oxygen atoms in total. The predicted molar refractivity (Wildman–Crippen MR) is 78.7 cm³/mol. The Labute approximate surface area is 118 Å². The third-order valence-corrected chi connectivity index (χ3v) is 3.58. The van der Waals surface area contributed by atoms with Gasteiger partial charge in [0, 0.05) is 43.8 Å². The summed E-state index contributed by atoms with van der Waals surface area (Å²) in [7, 11) is 1.82. The van der Waals surface area contributed by atoms with Crippen LogP contribution in [0.1, 0.15) is 21.5 Å². The lowest BCUT2D eigenvalue weighted by atomic mass is 10.1. The van der Waals surface area contributed by atoms with E-state index in [0.717, 1.165) is 29.8 Å². The number of carbonyl (C=O) groups is 1. The van der Waals surface area contributed by atoms with Gasteiger partial charge in [0.25, 0.3) is 5.91 Å². The standard InChI is InChI=1S/C16H17N3O/c1-19(11-12-4-7-17-8-5-12)16(20)14-3-2-13-6-9-18-15(13)10-14/h2-5,7-8,10,18H,6,9,11H2,1H3. The largest absolute Gasteiger partial charge is 0.384 e. The normalized spacial score (nSPS) is 12.7. The Morgan fingerprint density at radius 3 is 2.90 bits per heavy atom. The molecule has 1 aliphatic heterocycles. The molecule has 102 valence electrons. The van der Waals surface area contributed by atoms with Gasteiger partial charge in [0.05, 0.1) is 0 Å². The van der Waals surface area contributed by atoms with E-state index in [1.807, 2.05) is 37.4 Å². The molecule has 0 saturated carbocycles. The average molecular weight is 267 g/mol. The molecule has 3 rings (SSSR count). The minimum absolute atomic E-state index is 0.0401. The lowest BCUT2D eigenvalue weighted by Gasteiger charge is -2.17. The second kappa shape index (κ2) is 5.33. The fourth-order valence-corrected chi connectivity index (χ4v) is 2.48. The summed E-state index contributed by atoms with van der Waals surface area (Å²) in [5.41, 5.74) is 4.19. The maximum atomic E-state index is 12.4. The molecule has 1 amide bonds. The van der Waals surface area contributed by atoms with Crippen LogP contribution < -0.4 is 5.32 Å². The maximum Gasteiger partial charge on any atom is 0.253 e. The number of rotatable bonds is 3. The summed E-state index contributed by atoms with van der Waals surface area (Å²) >= 11 is 0. The van der Waals surface area contributed by atoms with Crippen molar-refractivity contribution < 1.29 is 4.79 Å². The Bertz CT molecular complexity index is 625. The maximum absolute atomic E-state index is 12.4. The van der Waals surface area contributed by atoms with E-state index in [0.29, 0.717) is 6.54 Å². The molecular formula is C16H17N3O. The van der Waals surface area contributed by atoms with Gasteiger partial charge in [0.1, 0.15) is 0 Å². The van der Waals surface area contributed by atoms with Gasteiger partial charge in [-0.05, 0) is 41.8 Å². The van der Waals surface area contributed by atoms with E-state index in [1.54, 1.807) is 17.3 Å². The summed E-state index contributed by atoms with van der Waals surface area (Å²) < 4.78 is 0. The first-order valence-corrected chi connectivity index (χ1v) is 6.75. The fraction of sp³-hybridized carbons (Fsp3) is 0.250. The lowest BCUT2D eigenvalue weighted by Crippen LogP contribution is -2.26. The van der Waals surface area contributed by atoms with E-state index in [1.165, 1.54) is 5.56 Å². The zero-order chi connectivity index (χ0) is 13.9. The number of hydrogen-bond acceptors (Lipinski definition) is 3. The molecule has 2 heterocycles. The molecule has 0 radical (unpaired) electrons. The van der Waals surface area contributed by atoms with Gasteiger partial charge in [-0.2, -0.15) is 0 Å². The van der Waals surface area contributed by atoms with Crippen LogP contribution in [-0.2, 0) is 13.0 Å². The number of benzene rings is 1. The third-order valence-electron chi connectivity index (χ3n) is 3.58. The molecule has 0 aliphatic carbocycles. The van der Waals surface area contributed by atoms with Crippen LogP contribution in [0.5, 0.6) is 0 Å². The van der Waals surface area contributed by atoms with Crippen molar-refractivity contribution in [1.82, 2.24) is 9.88 Å². The predicted octanol–water partition coefficient (Wildman–Crippen LogP) is 2.32. The molecular weight excluding hydrogens is 250 g/mol. The van der Waals surface area contributed by atoms with Crippen molar-refractivity contribution in [2.75, 3.05) is 18.9 Å². The van der Waals surface area contributed by atoms with E-state index in [9.17, 15) is 4.79 Å². The van der Waals surface area contributed by atoms with Gasteiger partial charge in [-0.15, -0.1) is 0 Å². The van der Waals surface area contributed by atoms with Gasteiger partial charge in [-0.3, -0.25) is 9.78 Å². The van der Waals surface area contributed by atoms with Crippen molar-refractivity contribution in [3.8, 4) is 0 Å². The van der Waals surface area contributed by atoms with Crippen molar-refractivity contribution in [2.45, 2.75) is 13.0 Å². The van der Waals surface area contributed by atoms with Crippen molar-refractivity contribution in [3.63, 3.8) is 0 Å². The molecule has 1 aromatic carbocycles. The van der Waals surface area contributed by atoms with E-state index in [-0.39, 0.29) is 5.91 Å². The highest BCUT2D eigenvalue weighted by atomic mass is 16.2. The number of anilines is 1. The lowest BCUT2D eigenvalue weighted by molar-refractivity contribution is 0.0785. The molecule has 1 aliphatic rings. The first kappa shape index (κ1) is 12.7. The summed E-state index contributed by atoms with van der Waals surface area (Å²) in [6.07, 6.45) is 4.52. The minimum Gasteiger partial charge on any atom is -0.384 e. The van der Waals surface area contributed by atoms with E-state index in [2.05, 4.69) is 10.3 Å². The zero-order valence-corrected chi connectivity index (χ0v) is 11.5.